The summed E-state index contributed by atoms with van der Waals surface area (Å²) in [5, 5.41) is 11.2. The lowest BCUT2D eigenvalue weighted by Gasteiger charge is -2.08. The number of aryl methyl sites for hydroxylation is 1. The van der Waals surface area contributed by atoms with Crippen molar-refractivity contribution in [2.75, 3.05) is 5.75 Å². The first-order valence-corrected chi connectivity index (χ1v) is 8.89. The maximum absolute atomic E-state index is 11.9. The Hall–Kier alpha value is -3.06. The monoisotopic (exact) mass is 367 g/mol. The van der Waals surface area contributed by atoms with Gasteiger partial charge in [-0.05, 0) is 42.8 Å². The van der Waals surface area contributed by atoms with Crippen LogP contribution < -0.4 is 10.9 Å². The van der Waals surface area contributed by atoms with E-state index in [0.717, 1.165) is 21.5 Å². The molecule has 132 valence electrons. The van der Waals surface area contributed by atoms with Crippen molar-refractivity contribution < 1.29 is 14.7 Å². The maximum Gasteiger partial charge on any atom is 0.269 e. The molecule has 0 aliphatic carbocycles. The van der Waals surface area contributed by atoms with E-state index in [1.807, 2.05) is 37.3 Å². The Morgan fingerprint density at radius 1 is 1.08 bits per heavy atom. The molecule has 2 aromatic carbocycles. The van der Waals surface area contributed by atoms with Crippen LogP contribution in [0.5, 0.6) is 5.75 Å². The van der Waals surface area contributed by atoms with Crippen molar-refractivity contribution in [1.82, 2.24) is 15.8 Å². The van der Waals surface area contributed by atoms with Gasteiger partial charge in [0.1, 0.15) is 5.75 Å². The topological polar surface area (TPSA) is 91.3 Å². The summed E-state index contributed by atoms with van der Waals surface area (Å²) < 4.78 is 0. The molecular weight excluding hydrogens is 350 g/mol. The number of carbonyl (C=O) groups excluding carboxylic acids is 2. The normalized spacial score (nSPS) is 10.5. The highest BCUT2D eigenvalue weighted by Crippen LogP contribution is 2.23. The zero-order valence-corrected chi connectivity index (χ0v) is 14.8. The molecule has 6 nitrogen and oxygen atoms in total. The van der Waals surface area contributed by atoms with Gasteiger partial charge in [-0.25, -0.2) is 4.98 Å². The molecule has 0 saturated heterocycles. The number of pyridine rings is 1. The second-order valence-corrected chi connectivity index (χ2v) is 6.63. The van der Waals surface area contributed by atoms with Gasteiger partial charge in [-0.1, -0.05) is 36.0 Å². The molecule has 0 atom stereocenters. The second-order valence-electron chi connectivity index (χ2n) is 5.64. The summed E-state index contributed by atoms with van der Waals surface area (Å²) in [4.78, 5) is 28.4. The summed E-state index contributed by atoms with van der Waals surface area (Å²) in [5.74, 6) is -0.752. The summed E-state index contributed by atoms with van der Waals surface area (Å²) >= 11 is 1.29. The smallest absolute Gasteiger partial charge is 0.269 e. The first-order valence-electron chi connectivity index (χ1n) is 7.90. The number of rotatable bonds is 4. The number of benzene rings is 2. The number of nitrogens with one attached hydrogen (secondary N) is 2. The van der Waals surface area contributed by atoms with Crippen LogP contribution in [-0.2, 0) is 4.79 Å². The Balaban J connectivity index is 1.55. The van der Waals surface area contributed by atoms with Crippen molar-refractivity contribution in [3.63, 3.8) is 0 Å². The zero-order valence-electron chi connectivity index (χ0n) is 14.0. The fourth-order valence-electron chi connectivity index (χ4n) is 2.41. The molecule has 3 rings (SSSR count). The van der Waals surface area contributed by atoms with Crippen LogP contribution in [0.15, 0.2) is 59.6 Å². The Kier molecular flexibility index (Phi) is 5.38. The number of phenols is 1. The molecule has 1 heterocycles. The van der Waals surface area contributed by atoms with E-state index in [9.17, 15) is 14.7 Å². The van der Waals surface area contributed by atoms with Gasteiger partial charge in [0.15, 0.2) is 0 Å². The lowest BCUT2D eigenvalue weighted by atomic mass is 10.1. The third-order valence-corrected chi connectivity index (χ3v) is 4.59. The largest absolute Gasteiger partial charge is 0.508 e. The van der Waals surface area contributed by atoms with Crippen LogP contribution in [0.1, 0.15) is 15.9 Å². The lowest BCUT2D eigenvalue weighted by molar-refractivity contribution is -0.119. The standard InChI is InChI=1S/C19H17N3O3S/c1-12-9-18(20-16-8-3-2-7-15(12)16)26-11-17(24)21-22-19(25)13-5-4-6-14(23)10-13/h2-10,23H,11H2,1H3,(H,21,24)(H,22,25). The Labute approximate surface area is 154 Å². The molecule has 0 radical (unpaired) electrons. The molecule has 0 saturated carbocycles. The van der Waals surface area contributed by atoms with E-state index in [4.69, 9.17) is 0 Å². The summed E-state index contributed by atoms with van der Waals surface area (Å²) in [6.07, 6.45) is 0. The van der Waals surface area contributed by atoms with E-state index in [0.29, 0.717) is 0 Å². The molecule has 26 heavy (non-hydrogen) atoms. The van der Waals surface area contributed by atoms with Crippen LogP contribution in [0.3, 0.4) is 0 Å². The first-order chi connectivity index (χ1) is 12.5. The van der Waals surface area contributed by atoms with E-state index < -0.39 is 5.91 Å². The van der Waals surface area contributed by atoms with Gasteiger partial charge < -0.3 is 5.11 Å². The minimum Gasteiger partial charge on any atom is -0.508 e. The molecule has 1 aromatic heterocycles. The van der Waals surface area contributed by atoms with Gasteiger partial charge in [0.2, 0.25) is 5.91 Å². The number of phenolic OH excluding ortho intramolecular Hbond substituents is 1. The number of amides is 2. The van der Waals surface area contributed by atoms with E-state index >= 15 is 0 Å². The van der Waals surface area contributed by atoms with Crippen LogP contribution in [0.25, 0.3) is 10.9 Å². The van der Waals surface area contributed by atoms with Gasteiger partial charge in [0, 0.05) is 10.9 Å². The van der Waals surface area contributed by atoms with Crippen LogP contribution in [0.4, 0.5) is 0 Å². The third-order valence-electron chi connectivity index (χ3n) is 3.67. The number of aromatic nitrogens is 1. The van der Waals surface area contributed by atoms with Crippen LogP contribution in [0.2, 0.25) is 0 Å². The van der Waals surface area contributed by atoms with E-state index in [-0.39, 0.29) is 23.0 Å². The highest BCUT2D eigenvalue weighted by atomic mass is 32.2. The Morgan fingerprint density at radius 3 is 2.69 bits per heavy atom. The van der Waals surface area contributed by atoms with Crippen molar-refractivity contribution in [2.24, 2.45) is 0 Å². The maximum atomic E-state index is 11.9. The summed E-state index contributed by atoms with van der Waals surface area (Å²) in [5.41, 5.74) is 6.90. The van der Waals surface area contributed by atoms with E-state index in [2.05, 4.69) is 15.8 Å². The highest BCUT2D eigenvalue weighted by Gasteiger charge is 2.09. The van der Waals surface area contributed by atoms with Crippen molar-refractivity contribution in [3.05, 3.63) is 65.7 Å². The molecule has 7 heteroatoms. The number of hydrogen-bond donors (Lipinski definition) is 3. The summed E-state index contributed by atoms with van der Waals surface area (Å²) in [6, 6.07) is 15.6. The van der Waals surface area contributed by atoms with Gasteiger partial charge in [-0.3, -0.25) is 20.4 Å². The highest BCUT2D eigenvalue weighted by molar-refractivity contribution is 7.99. The Bertz CT molecular complexity index is 975. The first kappa shape index (κ1) is 17.8. The van der Waals surface area contributed by atoms with Gasteiger partial charge in [-0.15, -0.1) is 0 Å². The van der Waals surface area contributed by atoms with Gasteiger partial charge >= 0.3 is 0 Å². The average Bonchev–Trinajstić information content (AvgIpc) is 2.64. The SMILES string of the molecule is Cc1cc(SCC(=O)NNC(=O)c2cccc(O)c2)nc2ccccc12. The number of hydrazine groups is 1. The summed E-state index contributed by atoms with van der Waals surface area (Å²) in [6.45, 7) is 2.00. The van der Waals surface area contributed by atoms with Crippen molar-refractivity contribution in [2.45, 2.75) is 11.9 Å². The quantitative estimate of drug-likeness (QED) is 0.487. The van der Waals surface area contributed by atoms with E-state index in [1.165, 1.54) is 30.0 Å². The minimum atomic E-state index is -0.501. The fraction of sp³-hybridized carbons (Fsp3) is 0.105. The number of nitrogens with zero attached hydrogens (tertiary/aromatic N) is 1. The molecule has 0 unspecified atom stereocenters. The molecular formula is C19H17N3O3S. The minimum absolute atomic E-state index is 0.0164. The average molecular weight is 367 g/mol. The molecule has 2 amide bonds. The molecule has 0 bridgehead atoms. The van der Waals surface area contributed by atoms with Crippen molar-refractivity contribution >= 4 is 34.5 Å². The molecule has 0 aliphatic heterocycles. The van der Waals surface area contributed by atoms with E-state index in [1.54, 1.807) is 6.07 Å². The molecule has 3 aromatic rings. The molecule has 0 fully saturated rings. The molecule has 3 N–H and O–H groups in total. The molecule has 0 aliphatic rings. The van der Waals surface area contributed by atoms with Crippen molar-refractivity contribution in [1.29, 1.82) is 0 Å². The van der Waals surface area contributed by atoms with Gasteiger partial charge in [-0.2, -0.15) is 0 Å². The van der Waals surface area contributed by atoms with Crippen LogP contribution in [-0.4, -0.2) is 27.7 Å². The number of hydrogen-bond acceptors (Lipinski definition) is 5. The fourth-order valence-corrected chi connectivity index (χ4v) is 3.19. The summed E-state index contributed by atoms with van der Waals surface area (Å²) in [7, 11) is 0. The van der Waals surface area contributed by atoms with Crippen LogP contribution in [0, 0.1) is 6.92 Å². The third kappa shape index (κ3) is 4.31. The van der Waals surface area contributed by atoms with Gasteiger partial charge in [0.25, 0.3) is 5.91 Å². The number of para-hydroxylation sites is 1. The molecule has 0 spiro atoms. The number of thioether (sulfide) groups is 1. The predicted molar refractivity (Wildman–Crippen MR) is 101 cm³/mol. The Morgan fingerprint density at radius 2 is 1.88 bits per heavy atom. The van der Waals surface area contributed by atoms with Gasteiger partial charge in [0.05, 0.1) is 16.3 Å². The number of aromatic hydroxyl groups is 1. The predicted octanol–water partition coefficient (Wildman–Crippen LogP) is 2.80. The lowest BCUT2D eigenvalue weighted by Crippen LogP contribution is -2.42. The van der Waals surface area contributed by atoms with Crippen LogP contribution >= 0.6 is 11.8 Å². The second kappa shape index (κ2) is 7.88. The zero-order chi connectivity index (χ0) is 18.5. The number of fused-ring (bicyclic) bond motifs is 1. The van der Waals surface area contributed by atoms with Crippen molar-refractivity contribution in [3.8, 4) is 5.75 Å². The number of carbonyl (C=O) groups is 2.